The molecule has 9 heteroatoms. The van der Waals surface area contributed by atoms with Crippen molar-refractivity contribution in [3.63, 3.8) is 0 Å². The van der Waals surface area contributed by atoms with Crippen molar-refractivity contribution in [2.45, 2.75) is 31.6 Å². The standard InChI is InChI=1S/C30H30N2O6S/c33-28-29(34)38-30(37-28)26(21-31-17-6-7-18-31)20-25-10-4-5-11-27(25)32(30)39(35,36)19-16-22-12-14-24(15-13-22)23-8-2-1-3-9-23/h1-5,8-15,26H,6-7,16-21H2. The van der Waals surface area contributed by atoms with E-state index in [9.17, 15) is 18.0 Å². The molecule has 1 atom stereocenters. The average molecular weight is 547 g/mol. The summed E-state index contributed by atoms with van der Waals surface area (Å²) in [4.78, 5) is 27.0. The molecule has 8 nitrogen and oxygen atoms in total. The van der Waals surface area contributed by atoms with Crippen LogP contribution in [0.25, 0.3) is 11.1 Å². The van der Waals surface area contributed by atoms with Gasteiger partial charge in [-0.05, 0) is 67.1 Å². The maximum Gasteiger partial charge on any atom is 0.422 e. The summed E-state index contributed by atoms with van der Waals surface area (Å²) in [6, 6.07) is 24.9. The number of hydrogen-bond donors (Lipinski definition) is 0. The van der Waals surface area contributed by atoms with E-state index in [1.165, 1.54) is 0 Å². The van der Waals surface area contributed by atoms with Crippen molar-refractivity contribution >= 4 is 27.6 Å². The molecule has 3 aromatic carbocycles. The van der Waals surface area contributed by atoms with Gasteiger partial charge >= 0.3 is 17.8 Å². The van der Waals surface area contributed by atoms with Gasteiger partial charge in [0.25, 0.3) is 0 Å². The van der Waals surface area contributed by atoms with E-state index in [0.29, 0.717) is 18.7 Å². The lowest BCUT2D eigenvalue weighted by Gasteiger charge is -2.46. The summed E-state index contributed by atoms with van der Waals surface area (Å²) in [6.45, 7) is 2.17. The fraction of sp³-hybridized carbons (Fsp3) is 0.333. The molecule has 3 aliphatic rings. The van der Waals surface area contributed by atoms with E-state index >= 15 is 0 Å². The second-order valence-corrected chi connectivity index (χ2v) is 12.3. The number of fused-ring (bicyclic) bond motifs is 1. The Hall–Kier alpha value is -3.69. The first kappa shape index (κ1) is 25.6. The van der Waals surface area contributed by atoms with Crippen LogP contribution in [0, 0.1) is 5.92 Å². The molecule has 1 unspecified atom stereocenters. The fourth-order valence-corrected chi connectivity index (χ4v) is 7.63. The zero-order chi connectivity index (χ0) is 27.0. The van der Waals surface area contributed by atoms with Gasteiger partial charge in [-0.3, -0.25) is 0 Å². The second kappa shape index (κ2) is 10.1. The number of aryl methyl sites for hydroxylation is 1. The Balaban J connectivity index is 1.32. The lowest BCUT2D eigenvalue weighted by molar-refractivity contribution is -0.199. The van der Waals surface area contributed by atoms with Crippen LogP contribution in [0.3, 0.4) is 0 Å². The summed E-state index contributed by atoms with van der Waals surface area (Å²) < 4.78 is 40.5. The van der Waals surface area contributed by atoms with Gasteiger partial charge in [0.05, 0.1) is 17.4 Å². The highest BCUT2D eigenvalue weighted by atomic mass is 32.2. The first-order valence-electron chi connectivity index (χ1n) is 13.3. The molecule has 6 rings (SSSR count). The number of para-hydroxylation sites is 1. The highest BCUT2D eigenvalue weighted by Crippen LogP contribution is 2.47. The number of benzene rings is 3. The van der Waals surface area contributed by atoms with Crippen LogP contribution in [0.2, 0.25) is 0 Å². The van der Waals surface area contributed by atoms with Crippen LogP contribution in [0.1, 0.15) is 24.0 Å². The van der Waals surface area contributed by atoms with Crippen LogP contribution in [-0.2, 0) is 41.9 Å². The van der Waals surface area contributed by atoms with Crippen LogP contribution in [0.15, 0.2) is 78.9 Å². The van der Waals surface area contributed by atoms with E-state index in [1.807, 2.05) is 66.7 Å². The molecule has 0 aromatic heterocycles. The molecule has 0 bridgehead atoms. The minimum atomic E-state index is -4.10. The molecule has 3 aromatic rings. The monoisotopic (exact) mass is 546 g/mol. The highest BCUT2D eigenvalue weighted by molar-refractivity contribution is 7.92. The summed E-state index contributed by atoms with van der Waals surface area (Å²) in [5.41, 5.74) is 4.16. The Bertz CT molecular complexity index is 1470. The van der Waals surface area contributed by atoms with Crippen molar-refractivity contribution in [3.8, 4) is 11.1 Å². The Morgan fingerprint density at radius 2 is 1.41 bits per heavy atom. The Kier molecular flexibility index (Phi) is 6.64. The van der Waals surface area contributed by atoms with E-state index in [1.54, 1.807) is 12.1 Å². The van der Waals surface area contributed by atoms with Gasteiger partial charge in [0, 0.05) is 6.54 Å². The Morgan fingerprint density at radius 1 is 0.795 bits per heavy atom. The van der Waals surface area contributed by atoms with Crippen molar-refractivity contribution in [2.75, 3.05) is 29.7 Å². The molecular formula is C30H30N2O6S. The summed E-state index contributed by atoms with van der Waals surface area (Å²) in [5.74, 6) is -5.20. The summed E-state index contributed by atoms with van der Waals surface area (Å²) >= 11 is 0. The maximum absolute atomic E-state index is 14.1. The molecule has 0 saturated carbocycles. The van der Waals surface area contributed by atoms with Gasteiger partial charge in [-0.15, -0.1) is 0 Å². The normalized spacial score (nSPS) is 20.6. The van der Waals surface area contributed by atoms with Gasteiger partial charge in [0.1, 0.15) is 0 Å². The third-order valence-electron chi connectivity index (χ3n) is 7.79. The molecule has 0 amide bonds. The van der Waals surface area contributed by atoms with E-state index in [4.69, 9.17) is 9.47 Å². The first-order valence-corrected chi connectivity index (χ1v) is 14.9. The van der Waals surface area contributed by atoms with E-state index in [-0.39, 0.29) is 12.2 Å². The van der Waals surface area contributed by atoms with Crippen LogP contribution in [0.4, 0.5) is 5.69 Å². The van der Waals surface area contributed by atoms with Crippen molar-refractivity contribution < 1.29 is 27.5 Å². The van der Waals surface area contributed by atoms with Crippen LogP contribution in [-0.4, -0.2) is 56.6 Å². The smallest absolute Gasteiger partial charge is 0.394 e. The highest BCUT2D eigenvalue weighted by Gasteiger charge is 2.64. The molecule has 2 saturated heterocycles. The third-order valence-corrected chi connectivity index (χ3v) is 9.51. The molecule has 0 N–H and O–H groups in total. The zero-order valence-corrected chi connectivity index (χ0v) is 22.3. The predicted octanol–water partition coefficient (Wildman–Crippen LogP) is 3.75. The summed E-state index contributed by atoms with van der Waals surface area (Å²) in [6.07, 6.45) is 2.74. The fourth-order valence-electron chi connectivity index (χ4n) is 5.86. The molecule has 0 radical (unpaired) electrons. The number of sulfonamides is 1. The second-order valence-electron chi connectivity index (χ2n) is 10.3. The Labute approximate surface area is 228 Å². The molecule has 202 valence electrons. The van der Waals surface area contributed by atoms with Crippen LogP contribution < -0.4 is 4.31 Å². The molecule has 3 heterocycles. The summed E-state index contributed by atoms with van der Waals surface area (Å²) in [7, 11) is -4.10. The minimum absolute atomic E-state index is 0.241. The van der Waals surface area contributed by atoms with Gasteiger partial charge in [-0.1, -0.05) is 72.8 Å². The molecular weight excluding hydrogens is 516 g/mol. The average Bonchev–Trinajstić information content (AvgIpc) is 3.56. The van der Waals surface area contributed by atoms with Gasteiger partial charge in [0.2, 0.25) is 10.0 Å². The van der Waals surface area contributed by atoms with Crippen molar-refractivity contribution in [3.05, 3.63) is 90.0 Å². The maximum atomic E-state index is 14.1. The number of carbonyl (C=O) groups is 2. The number of likely N-dealkylation sites (tertiary alicyclic amines) is 1. The number of nitrogens with zero attached hydrogens (tertiary/aromatic N) is 2. The van der Waals surface area contributed by atoms with E-state index in [2.05, 4.69) is 4.90 Å². The number of esters is 2. The molecule has 1 spiro atoms. The lowest BCUT2D eigenvalue weighted by Crippen LogP contribution is -2.63. The quantitative estimate of drug-likeness (QED) is 0.329. The first-order chi connectivity index (χ1) is 18.9. The van der Waals surface area contributed by atoms with Crippen LogP contribution in [0.5, 0.6) is 0 Å². The predicted molar refractivity (Wildman–Crippen MR) is 146 cm³/mol. The number of carbonyl (C=O) groups excluding carboxylic acids is 2. The van der Waals surface area contributed by atoms with Crippen molar-refractivity contribution in [1.29, 1.82) is 0 Å². The Morgan fingerprint density at radius 3 is 2.10 bits per heavy atom. The van der Waals surface area contributed by atoms with E-state index in [0.717, 1.165) is 52.5 Å². The van der Waals surface area contributed by atoms with Crippen molar-refractivity contribution in [1.82, 2.24) is 4.90 Å². The zero-order valence-electron chi connectivity index (χ0n) is 21.5. The van der Waals surface area contributed by atoms with Gasteiger partial charge < -0.3 is 14.4 Å². The topological polar surface area (TPSA) is 93.2 Å². The van der Waals surface area contributed by atoms with Gasteiger partial charge in [-0.25, -0.2) is 18.0 Å². The molecule has 0 aliphatic carbocycles. The van der Waals surface area contributed by atoms with Crippen LogP contribution >= 0.6 is 0 Å². The summed E-state index contributed by atoms with van der Waals surface area (Å²) in [5, 5.41) is 0. The van der Waals surface area contributed by atoms with Gasteiger partial charge in [-0.2, -0.15) is 4.31 Å². The minimum Gasteiger partial charge on any atom is -0.394 e. The number of rotatable bonds is 7. The largest absolute Gasteiger partial charge is 0.422 e. The number of anilines is 1. The molecule has 39 heavy (non-hydrogen) atoms. The SMILES string of the molecule is O=C1OC2(OC1=O)C(CN1CCCC1)Cc1ccccc1N2S(=O)(=O)CCc1ccc(-c2ccccc2)cc1. The number of ether oxygens (including phenoxy) is 2. The number of hydrogen-bond acceptors (Lipinski definition) is 7. The molecule has 2 fully saturated rings. The van der Waals surface area contributed by atoms with Gasteiger partial charge in [0.15, 0.2) is 0 Å². The van der Waals surface area contributed by atoms with Crippen molar-refractivity contribution in [2.24, 2.45) is 5.92 Å². The third kappa shape index (κ3) is 4.81. The molecule has 3 aliphatic heterocycles. The van der Waals surface area contributed by atoms with E-state index < -0.39 is 33.8 Å². The lowest BCUT2D eigenvalue weighted by atomic mass is 9.89.